The normalized spacial score (nSPS) is 25.5. The fraction of sp³-hybridized carbons (Fsp3) is 0.656. The average Bonchev–Trinajstić information content (AvgIpc) is 3.67. The molecule has 1 aromatic carbocycles. The van der Waals surface area contributed by atoms with Gasteiger partial charge in [0.15, 0.2) is 0 Å². The van der Waals surface area contributed by atoms with E-state index in [0.717, 1.165) is 24.0 Å². The number of nitrogens with zero attached hydrogens (tertiary/aromatic N) is 1. The molecule has 4 unspecified atom stereocenters. The number of likely N-dealkylation sites (tertiary alicyclic amines) is 1. The van der Waals surface area contributed by atoms with Crippen LogP contribution in [0.25, 0.3) is 0 Å². The number of alkyl carbamates (subject to hydrolysis) is 1. The Bertz CT molecular complexity index is 1260. The number of rotatable bonds is 10. The molecule has 1 saturated heterocycles. The third-order valence-electron chi connectivity index (χ3n) is 9.63. The van der Waals surface area contributed by atoms with Crippen LogP contribution in [-0.4, -0.2) is 65.8 Å². The van der Waals surface area contributed by atoms with Crippen LogP contribution in [0.1, 0.15) is 65.0 Å². The number of ether oxygens (including phenoxy) is 1. The van der Waals surface area contributed by atoms with Gasteiger partial charge in [0.25, 0.3) is 5.91 Å². The lowest BCUT2D eigenvalue weighted by Crippen LogP contribution is -2.59. The minimum absolute atomic E-state index is 0.0963. The molecule has 3 fully saturated rings. The molecule has 0 spiro atoms. The van der Waals surface area contributed by atoms with Crippen LogP contribution in [0, 0.1) is 34.5 Å². The average molecular weight is 581 g/mol. The number of benzene rings is 1. The van der Waals surface area contributed by atoms with Crippen LogP contribution >= 0.6 is 0 Å². The van der Waals surface area contributed by atoms with Gasteiger partial charge in [0, 0.05) is 6.54 Å². The lowest BCUT2D eigenvalue weighted by atomic mass is 9.93. The molecule has 2 saturated carbocycles. The standard InChI is InChI=1S/C32H44N4O6/c1-31(2,3)16-42-30(41)35-24(20-13-18-8-6-7-9-19(18)14-20)29(40)36-15-21-23(32(21,4)5)25(36)28(39)34-22(12-17-10-11-17)26(37)27(33)38/h6-9,17,20-25H,10-16H2,1-5H3,(H2,33,38)(H,34,39)(H,35,41)/t21?,22?,23?,24?,25-/m0/s1. The van der Waals surface area contributed by atoms with Gasteiger partial charge in [0.2, 0.25) is 17.6 Å². The molecule has 1 heterocycles. The quantitative estimate of drug-likeness (QED) is 0.362. The van der Waals surface area contributed by atoms with Gasteiger partial charge in [-0.3, -0.25) is 19.2 Å². The Balaban J connectivity index is 1.38. The maximum Gasteiger partial charge on any atom is 0.407 e. The Hall–Kier alpha value is -3.43. The van der Waals surface area contributed by atoms with E-state index in [0.29, 0.717) is 25.8 Å². The van der Waals surface area contributed by atoms with Crippen molar-refractivity contribution in [2.75, 3.05) is 13.2 Å². The van der Waals surface area contributed by atoms with Crippen molar-refractivity contribution in [1.82, 2.24) is 15.5 Å². The number of hydrogen-bond acceptors (Lipinski definition) is 6. The molecule has 4 aliphatic rings. The number of hydrogen-bond donors (Lipinski definition) is 3. The summed E-state index contributed by atoms with van der Waals surface area (Å²) in [5.74, 6) is -2.60. The lowest BCUT2D eigenvalue weighted by Gasteiger charge is -2.35. The van der Waals surface area contributed by atoms with Crippen molar-refractivity contribution in [3.05, 3.63) is 35.4 Å². The maximum atomic E-state index is 14.4. The lowest BCUT2D eigenvalue weighted by molar-refractivity contribution is -0.144. The minimum atomic E-state index is -1.08. The van der Waals surface area contributed by atoms with Gasteiger partial charge >= 0.3 is 6.09 Å². The zero-order chi connectivity index (χ0) is 30.6. The Labute approximate surface area is 247 Å². The Morgan fingerprint density at radius 3 is 2.21 bits per heavy atom. The van der Waals surface area contributed by atoms with Crippen LogP contribution in [0.4, 0.5) is 4.79 Å². The smallest absolute Gasteiger partial charge is 0.407 e. The van der Waals surface area contributed by atoms with Crippen molar-refractivity contribution < 1.29 is 28.7 Å². The van der Waals surface area contributed by atoms with Crippen molar-refractivity contribution >= 4 is 29.6 Å². The summed E-state index contributed by atoms with van der Waals surface area (Å²) in [5.41, 5.74) is 7.18. The molecule has 228 valence electrons. The monoisotopic (exact) mass is 580 g/mol. The number of nitrogens with one attached hydrogen (secondary N) is 2. The molecule has 5 rings (SSSR count). The number of amides is 4. The van der Waals surface area contributed by atoms with Crippen molar-refractivity contribution in [1.29, 1.82) is 0 Å². The topological polar surface area (TPSA) is 148 Å². The van der Waals surface area contributed by atoms with E-state index < -0.39 is 41.8 Å². The van der Waals surface area contributed by atoms with E-state index in [-0.39, 0.29) is 47.0 Å². The maximum absolute atomic E-state index is 14.4. The van der Waals surface area contributed by atoms with E-state index in [1.54, 1.807) is 4.90 Å². The molecule has 0 aromatic heterocycles. The van der Waals surface area contributed by atoms with Gasteiger partial charge in [0.05, 0.1) is 12.6 Å². The summed E-state index contributed by atoms with van der Waals surface area (Å²) in [6.07, 6.45) is 2.80. The van der Waals surface area contributed by atoms with Crippen LogP contribution in [0.2, 0.25) is 0 Å². The zero-order valence-corrected chi connectivity index (χ0v) is 25.3. The second kappa shape index (κ2) is 11.0. The highest BCUT2D eigenvalue weighted by molar-refractivity contribution is 6.37. The minimum Gasteiger partial charge on any atom is -0.449 e. The number of fused-ring (bicyclic) bond motifs is 2. The van der Waals surface area contributed by atoms with Crippen LogP contribution in [0.15, 0.2) is 24.3 Å². The summed E-state index contributed by atoms with van der Waals surface area (Å²) in [4.78, 5) is 67.1. The van der Waals surface area contributed by atoms with E-state index in [9.17, 15) is 24.0 Å². The molecular formula is C32H44N4O6. The summed E-state index contributed by atoms with van der Waals surface area (Å²) in [7, 11) is 0. The van der Waals surface area contributed by atoms with Crippen molar-refractivity contribution in [3.63, 3.8) is 0 Å². The molecule has 10 nitrogen and oxygen atoms in total. The Morgan fingerprint density at radius 1 is 1.05 bits per heavy atom. The third kappa shape index (κ3) is 6.17. The summed E-state index contributed by atoms with van der Waals surface area (Å²) >= 11 is 0. The predicted octanol–water partition coefficient (Wildman–Crippen LogP) is 2.36. The molecule has 1 aliphatic heterocycles. The molecule has 4 N–H and O–H groups in total. The predicted molar refractivity (Wildman–Crippen MR) is 155 cm³/mol. The highest BCUT2D eigenvalue weighted by Gasteiger charge is 2.69. The number of ketones is 1. The number of carbonyl (C=O) groups excluding carboxylic acids is 5. The van der Waals surface area contributed by atoms with E-state index in [1.807, 2.05) is 45.0 Å². The molecule has 0 bridgehead atoms. The summed E-state index contributed by atoms with van der Waals surface area (Å²) < 4.78 is 5.49. The van der Waals surface area contributed by atoms with Gasteiger partial charge in [-0.15, -0.1) is 0 Å². The molecular weight excluding hydrogens is 536 g/mol. The highest BCUT2D eigenvalue weighted by atomic mass is 16.5. The number of Topliss-reactive ketones (excluding diaryl/α,β-unsaturated/α-hetero) is 1. The largest absolute Gasteiger partial charge is 0.449 e. The molecule has 5 atom stereocenters. The fourth-order valence-electron chi connectivity index (χ4n) is 7.00. The zero-order valence-electron chi connectivity index (χ0n) is 25.3. The number of carbonyl (C=O) groups is 5. The third-order valence-corrected chi connectivity index (χ3v) is 9.63. The van der Waals surface area contributed by atoms with E-state index in [4.69, 9.17) is 10.5 Å². The number of nitrogens with two attached hydrogens (primary N) is 1. The van der Waals surface area contributed by atoms with Crippen LogP contribution in [0.5, 0.6) is 0 Å². The number of primary amides is 1. The van der Waals surface area contributed by atoms with E-state index in [2.05, 4.69) is 24.5 Å². The molecule has 42 heavy (non-hydrogen) atoms. The molecule has 10 heteroatoms. The first kappa shape index (κ1) is 30.0. The highest BCUT2D eigenvalue weighted by Crippen LogP contribution is 2.65. The molecule has 4 amide bonds. The van der Waals surface area contributed by atoms with Gasteiger partial charge < -0.3 is 26.0 Å². The van der Waals surface area contributed by atoms with Gasteiger partial charge in [-0.1, -0.05) is 71.7 Å². The first-order valence-corrected chi connectivity index (χ1v) is 15.1. The SMILES string of the molecule is CC(C)(C)COC(=O)NC(C(=O)N1CC2C([C@H]1C(=O)NC(CC1CC1)C(=O)C(N)=O)C2(C)C)C1Cc2ccccc2C1. The van der Waals surface area contributed by atoms with Crippen LogP contribution in [-0.2, 0) is 36.8 Å². The van der Waals surface area contributed by atoms with Gasteiger partial charge in [0.1, 0.15) is 12.1 Å². The summed E-state index contributed by atoms with van der Waals surface area (Å²) in [6, 6.07) is 5.28. The second-order valence-corrected chi connectivity index (χ2v) is 14.6. The fourth-order valence-corrected chi connectivity index (χ4v) is 7.00. The second-order valence-electron chi connectivity index (χ2n) is 14.6. The van der Waals surface area contributed by atoms with Crippen molar-refractivity contribution in [2.45, 2.75) is 84.8 Å². The Morgan fingerprint density at radius 2 is 1.67 bits per heavy atom. The molecule has 1 aromatic rings. The van der Waals surface area contributed by atoms with Crippen LogP contribution < -0.4 is 16.4 Å². The van der Waals surface area contributed by atoms with Crippen LogP contribution in [0.3, 0.4) is 0 Å². The first-order chi connectivity index (χ1) is 19.7. The Kier molecular flexibility index (Phi) is 7.87. The summed E-state index contributed by atoms with van der Waals surface area (Å²) in [5, 5.41) is 5.66. The van der Waals surface area contributed by atoms with Gasteiger partial charge in [-0.25, -0.2) is 4.79 Å². The van der Waals surface area contributed by atoms with Crippen molar-refractivity contribution in [2.24, 2.45) is 40.2 Å². The molecule has 3 aliphatic carbocycles. The number of piperidine rings is 1. The molecule has 0 radical (unpaired) electrons. The van der Waals surface area contributed by atoms with Crippen molar-refractivity contribution in [3.8, 4) is 0 Å². The van der Waals surface area contributed by atoms with E-state index >= 15 is 0 Å². The first-order valence-electron chi connectivity index (χ1n) is 15.1. The summed E-state index contributed by atoms with van der Waals surface area (Å²) in [6.45, 7) is 10.6. The van der Waals surface area contributed by atoms with Gasteiger partial charge in [-0.2, -0.15) is 0 Å². The van der Waals surface area contributed by atoms with Gasteiger partial charge in [-0.05, 0) is 64.9 Å². The van der Waals surface area contributed by atoms with E-state index in [1.165, 1.54) is 0 Å².